The number of rotatable bonds is 2. The third-order valence-electron chi connectivity index (χ3n) is 6.37. The lowest BCUT2D eigenvalue weighted by molar-refractivity contribution is -0.138. The molecule has 30 heavy (non-hydrogen) atoms. The van der Waals surface area contributed by atoms with Crippen molar-refractivity contribution in [2.24, 2.45) is 11.8 Å². The lowest BCUT2D eigenvalue weighted by atomic mass is 9.91. The van der Waals surface area contributed by atoms with E-state index >= 15 is 0 Å². The van der Waals surface area contributed by atoms with Gasteiger partial charge in [0.2, 0.25) is 5.82 Å². The Bertz CT molecular complexity index is 1110. The number of likely N-dealkylation sites (tertiary alicyclic amines) is 1. The second-order valence-electron chi connectivity index (χ2n) is 8.22. The van der Waals surface area contributed by atoms with Gasteiger partial charge in [0.05, 0.1) is 5.56 Å². The van der Waals surface area contributed by atoms with Crippen LogP contribution in [0, 0.1) is 18.8 Å². The highest BCUT2D eigenvalue weighted by molar-refractivity contribution is 5.91. The van der Waals surface area contributed by atoms with E-state index in [1.807, 2.05) is 6.92 Å². The van der Waals surface area contributed by atoms with Gasteiger partial charge in [0.15, 0.2) is 0 Å². The number of carbonyl (C=O) groups is 1. The molecule has 9 heteroatoms. The molecule has 3 atom stereocenters. The van der Waals surface area contributed by atoms with Gasteiger partial charge in [-0.05, 0) is 55.2 Å². The van der Waals surface area contributed by atoms with Gasteiger partial charge in [-0.1, -0.05) is 18.2 Å². The second-order valence-corrected chi connectivity index (χ2v) is 8.22. The van der Waals surface area contributed by atoms with E-state index in [-0.39, 0.29) is 29.5 Å². The SMILES string of the molecule is Cc1ccnc2nc(C(=O)N3C[C@H]4C[C@@H](c5ccccc5C(F)(F)F)C[C@H]4C3)nn12. The molecule has 1 aliphatic heterocycles. The number of hydrogen-bond acceptors (Lipinski definition) is 4. The Hall–Kier alpha value is -2.97. The van der Waals surface area contributed by atoms with Gasteiger partial charge in [-0.3, -0.25) is 4.79 Å². The van der Waals surface area contributed by atoms with Gasteiger partial charge in [0, 0.05) is 25.0 Å². The predicted molar refractivity (Wildman–Crippen MR) is 102 cm³/mol. The average Bonchev–Trinajstić information content (AvgIpc) is 3.40. The lowest BCUT2D eigenvalue weighted by Crippen LogP contribution is -2.30. The summed E-state index contributed by atoms with van der Waals surface area (Å²) < 4.78 is 41.7. The van der Waals surface area contributed by atoms with Crippen molar-refractivity contribution in [3.8, 4) is 0 Å². The second kappa shape index (κ2) is 6.78. The van der Waals surface area contributed by atoms with Crippen molar-refractivity contribution in [2.45, 2.75) is 31.9 Å². The Morgan fingerprint density at radius 2 is 1.80 bits per heavy atom. The normalized spacial score (nSPS) is 23.9. The van der Waals surface area contributed by atoms with Crippen LogP contribution >= 0.6 is 0 Å². The molecule has 1 amide bonds. The van der Waals surface area contributed by atoms with Crippen molar-refractivity contribution in [1.82, 2.24) is 24.5 Å². The Labute approximate surface area is 170 Å². The molecule has 0 unspecified atom stereocenters. The van der Waals surface area contributed by atoms with Crippen molar-refractivity contribution in [3.63, 3.8) is 0 Å². The average molecular weight is 415 g/mol. The van der Waals surface area contributed by atoms with Crippen LogP contribution in [0.15, 0.2) is 36.5 Å². The quantitative estimate of drug-likeness (QED) is 0.640. The molecule has 3 heterocycles. The van der Waals surface area contributed by atoms with Crippen LogP contribution in [0.3, 0.4) is 0 Å². The number of halogens is 3. The Balaban J connectivity index is 1.32. The largest absolute Gasteiger partial charge is 0.416 e. The van der Waals surface area contributed by atoms with E-state index in [1.165, 1.54) is 10.6 Å². The Kier molecular flexibility index (Phi) is 4.30. The van der Waals surface area contributed by atoms with Crippen LogP contribution in [-0.4, -0.2) is 43.5 Å². The number of nitrogens with zero attached hydrogens (tertiary/aromatic N) is 5. The highest BCUT2D eigenvalue weighted by Gasteiger charge is 2.45. The number of carbonyl (C=O) groups excluding carboxylic acids is 1. The maximum absolute atomic E-state index is 13.4. The molecular formula is C21H20F3N5O. The van der Waals surface area contributed by atoms with Gasteiger partial charge in [0.1, 0.15) is 0 Å². The minimum atomic E-state index is -4.35. The van der Waals surface area contributed by atoms with Crippen LogP contribution in [0.5, 0.6) is 0 Å². The van der Waals surface area contributed by atoms with Crippen LogP contribution in [0.4, 0.5) is 13.2 Å². The van der Waals surface area contributed by atoms with E-state index in [0.717, 1.165) is 11.8 Å². The summed E-state index contributed by atoms with van der Waals surface area (Å²) in [6.45, 7) is 2.91. The molecule has 1 saturated carbocycles. The van der Waals surface area contributed by atoms with Gasteiger partial charge >= 0.3 is 6.18 Å². The number of hydrogen-bond donors (Lipinski definition) is 0. The molecule has 5 rings (SSSR count). The van der Waals surface area contributed by atoms with Crippen LogP contribution in [-0.2, 0) is 6.18 Å². The molecule has 0 bridgehead atoms. The zero-order valence-corrected chi connectivity index (χ0v) is 16.3. The van der Waals surface area contributed by atoms with Crippen LogP contribution in [0.25, 0.3) is 5.78 Å². The van der Waals surface area contributed by atoms with Crippen molar-refractivity contribution in [2.75, 3.05) is 13.1 Å². The number of aryl methyl sites for hydroxylation is 1. The fraction of sp³-hybridized carbons (Fsp3) is 0.429. The molecule has 1 saturated heterocycles. The molecule has 6 nitrogen and oxygen atoms in total. The summed E-state index contributed by atoms with van der Waals surface area (Å²) in [6.07, 6.45) is -1.42. The first-order valence-electron chi connectivity index (χ1n) is 9.95. The summed E-state index contributed by atoms with van der Waals surface area (Å²) in [6, 6.07) is 7.63. The molecular weight excluding hydrogens is 395 g/mol. The monoisotopic (exact) mass is 415 g/mol. The van der Waals surface area contributed by atoms with Gasteiger partial charge in [-0.25, -0.2) is 9.50 Å². The maximum Gasteiger partial charge on any atom is 0.416 e. The molecule has 0 spiro atoms. The predicted octanol–water partition coefficient (Wildman–Crippen LogP) is 3.72. The molecule has 2 aliphatic rings. The van der Waals surface area contributed by atoms with E-state index in [4.69, 9.17) is 0 Å². The van der Waals surface area contributed by atoms with Crippen LogP contribution in [0.2, 0.25) is 0 Å². The zero-order chi connectivity index (χ0) is 21.0. The van der Waals surface area contributed by atoms with Crippen molar-refractivity contribution >= 4 is 11.7 Å². The van der Waals surface area contributed by atoms with Crippen LogP contribution < -0.4 is 0 Å². The Morgan fingerprint density at radius 3 is 2.47 bits per heavy atom. The number of aromatic nitrogens is 4. The fourth-order valence-electron chi connectivity index (χ4n) is 4.97. The molecule has 0 N–H and O–H groups in total. The van der Waals surface area contributed by atoms with Gasteiger partial charge in [0.25, 0.3) is 11.7 Å². The minimum Gasteiger partial charge on any atom is -0.335 e. The summed E-state index contributed by atoms with van der Waals surface area (Å²) in [7, 11) is 0. The summed E-state index contributed by atoms with van der Waals surface area (Å²) in [5, 5.41) is 4.28. The van der Waals surface area contributed by atoms with E-state index in [9.17, 15) is 18.0 Å². The van der Waals surface area contributed by atoms with E-state index in [0.29, 0.717) is 37.3 Å². The number of amides is 1. The Morgan fingerprint density at radius 1 is 1.10 bits per heavy atom. The highest BCUT2D eigenvalue weighted by atomic mass is 19.4. The first-order valence-corrected chi connectivity index (χ1v) is 9.95. The lowest BCUT2D eigenvalue weighted by Gasteiger charge is -2.21. The molecule has 1 aromatic carbocycles. The molecule has 1 aliphatic carbocycles. The fourth-order valence-corrected chi connectivity index (χ4v) is 4.97. The third-order valence-corrected chi connectivity index (χ3v) is 6.37. The smallest absolute Gasteiger partial charge is 0.335 e. The standard InChI is InChI=1S/C21H20F3N5O/c1-12-6-7-25-20-26-18(27-29(12)20)19(30)28-10-14-8-13(9-15(14)11-28)16-4-2-3-5-17(16)21(22,23)24/h2-7,13-15H,8-11H2,1H3/t13-,14-,15+. The van der Waals surface area contributed by atoms with Gasteiger partial charge in [-0.2, -0.15) is 18.2 Å². The topological polar surface area (TPSA) is 63.4 Å². The molecule has 156 valence electrons. The maximum atomic E-state index is 13.4. The molecule has 3 aromatic rings. The summed E-state index contributed by atoms with van der Waals surface area (Å²) in [4.78, 5) is 23.0. The highest BCUT2D eigenvalue weighted by Crippen LogP contribution is 2.48. The number of benzene rings is 1. The third kappa shape index (κ3) is 3.12. The summed E-state index contributed by atoms with van der Waals surface area (Å²) in [5.41, 5.74) is 0.663. The van der Waals surface area contributed by atoms with Crippen LogP contribution in [0.1, 0.15) is 46.2 Å². The van der Waals surface area contributed by atoms with E-state index in [2.05, 4.69) is 15.1 Å². The molecule has 0 radical (unpaired) electrons. The van der Waals surface area contributed by atoms with E-state index in [1.54, 1.807) is 29.3 Å². The van der Waals surface area contributed by atoms with E-state index < -0.39 is 11.7 Å². The first-order chi connectivity index (χ1) is 14.3. The molecule has 2 aromatic heterocycles. The van der Waals surface area contributed by atoms with Gasteiger partial charge in [-0.15, -0.1) is 5.10 Å². The van der Waals surface area contributed by atoms with Gasteiger partial charge < -0.3 is 4.90 Å². The molecule has 2 fully saturated rings. The number of alkyl halides is 3. The summed E-state index contributed by atoms with van der Waals surface area (Å²) in [5.74, 6) is 0.489. The summed E-state index contributed by atoms with van der Waals surface area (Å²) >= 11 is 0. The zero-order valence-electron chi connectivity index (χ0n) is 16.3. The van der Waals surface area contributed by atoms with Crippen molar-refractivity contribution in [1.29, 1.82) is 0 Å². The first kappa shape index (κ1) is 19.0. The number of fused-ring (bicyclic) bond motifs is 2. The minimum absolute atomic E-state index is 0.107. The van der Waals surface area contributed by atoms with Crippen molar-refractivity contribution in [3.05, 3.63) is 59.2 Å². The van der Waals surface area contributed by atoms with Crippen molar-refractivity contribution < 1.29 is 18.0 Å².